The van der Waals surface area contributed by atoms with Gasteiger partial charge in [-0.3, -0.25) is 4.79 Å². The van der Waals surface area contributed by atoms with Gasteiger partial charge < -0.3 is 13.6 Å². The Balaban J connectivity index is 4.34. The van der Waals surface area contributed by atoms with Crippen LogP contribution in [0.15, 0.2) is 0 Å². The standard InChI is InChI=1S/C4H10NO5PS/c1-9-11(7,10-2)4(6)5-12(3)8/h1-3H3,(H,5,6). The van der Waals surface area contributed by atoms with Crippen LogP contribution in [0.25, 0.3) is 0 Å². The van der Waals surface area contributed by atoms with Crippen molar-refractivity contribution in [2.24, 2.45) is 0 Å². The third kappa shape index (κ3) is 3.12. The zero-order valence-corrected chi connectivity index (χ0v) is 8.61. The quantitative estimate of drug-likeness (QED) is 0.544. The molecule has 0 aromatic heterocycles. The van der Waals surface area contributed by atoms with Crippen LogP contribution in [0.2, 0.25) is 0 Å². The third-order valence-electron chi connectivity index (χ3n) is 0.960. The van der Waals surface area contributed by atoms with Crippen LogP contribution in [0.5, 0.6) is 0 Å². The fourth-order valence-corrected chi connectivity index (χ4v) is 1.98. The van der Waals surface area contributed by atoms with Crippen LogP contribution < -0.4 is 4.72 Å². The van der Waals surface area contributed by atoms with E-state index < -0.39 is 24.6 Å². The monoisotopic (exact) mass is 215 g/mol. The first-order valence-corrected chi connectivity index (χ1v) is 5.92. The second-order valence-electron chi connectivity index (χ2n) is 1.72. The number of amides is 1. The Bertz CT molecular complexity index is 200. The number of hydrogen-bond donors (Lipinski definition) is 1. The van der Waals surface area contributed by atoms with E-state index in [9.17, 15) is 13.9 Å². The largest absolute Gasteiger partial charge is 0.593 e. The summed E-state index contributed by atoms with van der Waals surface area (Å²) < 4.78 is 32.3. The Hall–Kier alpha value is -0.0700. The highest BCUT2D eigenvalue weighted by atomic mass is 32.2. The van der Waals surface area contributed by atoms with Gasteiger partial charge in [-0.05, 0) is 0 Å². The summed E-state index contributed by atoms with van der Waals surface area (Å²) in [6.07, 6.45) is 1.23. The summed E-state index contributed by atoms with van der Waals surface area (Å²) in [6, 6.07) is 0. The minimum absolute atomic E-state index is 1.01. The molecule has 0 saturated carbocycles. The van der Waals surface area contributed by atoms with Gasteiger partial charge in [-0.2, -0.15) is 4.72 Å². The molecule has 0 radical (unpaired) electrons. The molecule has 0 spiro atoms. The van der Waals surface area contributed by atoms with Crippen molar-refractivity contribution >= 4 is 24.6 Å². The molecule has 6 nitrogen and oxygen atoms in total. The highest BCUT2D eigenvalue weighted by Crippen LogP contribution is 2.46. The normalized spacial score (nSPS) is 14.0. The van der Waals surface area contributed by atoms with Crippen LogP contribution in [0, 0.1) is 0 Å². The Morgan fingerprint density at radius 1 is 1.50 bits per heavy atom. The van der Waals surface area contributed by atoms with Crippen molar-refractivity contribution in [1.82, 2.24) is 4.72 Å². The van der Waals surface area contributed by atoms with E-state index in [2.05, 4.69) is 9.05 Å². The Labute approximate surface area is 73.5 Å². The maximum absolute atomic E-state index is 11.2. The van der Waals surface area contributed by atoms with E-state index in [0.29, 0.717) is 0 Å². The maximum Gasteiger partial charge on any atom is 0.421 e. The molecule has 8 heteroatoms. The number of rotatable bonds is 4. The lowest BCUT2D eigenvalue weighted by Gasteiger charge is -2.12. The van der Waals surface area contributed by atoms with Crippen molar-refractivity contribution < 1.29 is 23.0 Å². The van der Waals surface area contributed by atoms with Crippen LogP contribution in [-0.2, 0) is 25.0 Å². The fraction of sp³-hybridized carbons (Fsp3) is 0.750. The van der Waals surface area contributed by atoms with Gasteiger partial charge in [-0.25, -0.2) is 4.57 Å². The topological polar surface area (TPSA) is 87.7 Å². The lowest BCUT2D eigenvalue weighted by molar-refractivity contribution is 0.237. The van der Waals surface area contributed by atoms with Crippen molar-refractivity contribution in [1.29, 1.82) is 0 Å². The fourth-order valence-electron chi connectivity index (χ4n) is 0.419. The molecular weight excluding hydrogens is 205 g/mol. The molecule has 0 bridgehead atoms. The van der Waals surface area contributed by atoms with E-state index in [1.165, 1.54) is 6.26 Å². The van der Waals surface area contributed by atoms with Crippen molar-refractivity contribution in [2.45, 2.75) is 0 Å². The molecule has 1 N–H and O–H groups in total. The Kier molecular flexibility index (Phi) is 4.81. The van der Waals surface area contributed by atoms with Gasteiger partial charge in [0.2, 0.25) is 0 Å². The Morgan fingerprint density at radius 2 is 1.92 bits per heavy atom. The predicted octanol–water partition coefficient (Wildman–Crippen LogP) is 0.475. The first-order valence-electron chi connectivity index (χ1n) is 2.82. The van der Waals surface area contributed by atoms with E-state index >= 15 is 0 Å². The highest BCUT2D eigenvalue weighted by Gasteiger charge is 2.34. The van der Waals surface area contributed by atoms with E-state index in [-0.39, 0.29) is 0 Å². The van der Waals surface area contributed by atoms with E-state index in [1.54, 1.807) is 0 Å². The van der Waals surface area contributed by atoms with Crippen LogP contribution in [0.4, 0.5) is 4.79 Å². The van der Waals surface area contributed by atoms with Gasteiger partial charge in [0.05, 0.1) is 11.4 Å². The molecule has 0 rings (SSSR count). The molecule has 1 atom stereocenters. The van der Waals surface area contributed by atoms with E-state index in [4.69, 9.17) is 0 Å². The van der Waals surface area contributed by atoms with Crippen molar-refractivity contribution in [3.63, 3.8) is 0 Å². The number of nitrogens with one attached hydrogen (secondary N) is 1. The van der Waals surface area contributed by atoms with Crippen LogP contribution in [0.1, 0.15) is 0 Å². The van der Waals surface area contributed by atoms with Gasteiger partial charge in [-0.1, -0.05) is 0 Å². The van der Waals surface area contributed by atoms with E-state index in [0.717, 1.165) is 14.2 Å². The SMILES string of the molecule is COP(=O)(OC)C(=O)N[S+](C)[O-]. The molecule has 0 aliphatic rings. The molecule has 0 saturated heterocycles. The molecule has 72 valence electrons. The summed E-state index contributed by atoms with van der Waals surface area (Å²) in [4.78, 5) is 10.9. The summed E-state index contributed by atoms with van der Waals surface area (Å²) >= 11 is -1.58. The molecule has 1 unspecified atom stereocenters. The molecule has 0 fully saturated rings. The molecule has 1 amide bonds. The van der Waals surface area contributed by atoms with Gasteiger partial charge >= 0.3 is 13.2 Å². The first-order chi connectivity index (χ1) is 5.46. The minimum Gasteiger partial charge on any atom is -0.593 e. The predicted molar refractivity (Wildman–Crippen MR) is 44.2 cm³/mol. The zero-order chi connectivity index (χ0) is 9.78. The van der Waals surface area contributed by atoms with Crippen LogP contribution >= 0.6 is 7.60 Å². The molecule has 12 heavy (non-hydrogen) atoms. The van der Waals surface area contributed by atoms with Gasteiger partial charge in [0.1, 0.15) is 6.26 Å². The summed E-state index contributed by atoms with van der Waals surface area (Å²) in [5.41, 5.74) is -1.01. The molecule has 0 aromatic carbocycles. The lowest BCUT2D eigenvalue weighted by Crippen LogP contribution is -2.28. The van der Waals surface area contributed by atoms with E-state index in [1.807, 2.05) is 4.72 Å². The maximum atomic E-state index is 11.2. The molecule has 0 aromatic rings. The number of hydrogen-bond acceptors (Lipinski definition) is 5. The first kappa shape index (κ1) is 11.9. The smallest absolute Gasteiger partial charge is 0.421 e. The van der Waals surface area contributed by atoms with Crippen LogP contribution in [-0.4, -0.2) is 30.7 Å². The highest BCUT2D eigenvalue weighted by molar-refractivity contribution is 7.91. The summed E-state index contributed by atoms with van der Waals surface area (Å²) in [5.74, 6) is 0. The van der Waals surface area contributed by atoms with Gasteiger partial charge in [-0.15, -0.1) is 0 Å². The summed E-state index contributed by atoms with van der Waals surface area (Å²) in [7, 11) is -1.63. The minimum atomic E-state index is -3.77. The molecular formula is C4H10NO5PS. The molecule has 0 heterocycles. The van der Waals surface area contributed by atoms with Crippen molar-refractivity contribution in [3.8, 4) is 0 Å². The average Bonchev–Trinajstić information content (AvgIpc) is 2.02. The second-order valence-corrected chi connectivity index (χ2v) is 4.97. The zero-order valence-electron chi connectivity index (χ0n) is 6.90. The lowest BCUT2D eigenvalue weighted by atomic mass is 11.4. The Morgan fingerprint density at radius 3 is 2.17 bits per heavy atom. The molecule has 0 aliphatic heterocycles. The average molecular weight is 215 g/mol. The van der Waals surface area contributed by atoms with Gasteiger partial charge in [0.25, 0.3) is 0 Å². The summed E-state index contributed by atoms with van der Waals surface area (Å²) in [6.45, 7) is 0. The second kappa shape index (κ2) is 4.84. The molecule has 0 aliphatic carbocycles. The third-order valence-corrected chi connectivity index (χ3v) is 3.16. The van der Waals surface area contributed by atoms with Gasteiger partial charge in [0, 0.05) is 14.2 Å². The number of carbonyl (C=O) groups is 1. The van der Waals surface area contributed by atoms with Gasteiger partial charge in [0.15, 0.2) is 0 Å². The van der Waals surface area contributed by atoms with Crippen LogP contribution in [0.3, 0.4) is 0 Å². The number of carbonyl (C=O) groups excluding carboxylic acids is 1. The van der Waals surface area contributed by atoms with Crippen molar-refractivity contribution in [3.05, 3.63) is 0 Å². The summed E-state index contributed by atoms with van der Waals surface area (Å²) in [5, 5.41) is 0. The van der Waals surface area contributed by atoms with Crippen molar-refractivity contribution in [2.75, 3.05) is 20.5 Å².